The smallest absolute Gasteiger partial charge is 0.113 e. The summed E-state index contributed by atoms with van der Waals surface area (Å²) in [6.45, 7) is 1.66. The first-order chi connectivity index (χ1) is 13.5. The van der Waals surface area contributed by atoms with Crippen molar-refractivity contribution in [3.63, 3.8) is 0 Å². The molecule has 5 atom stereocenters. The summed E-state index contributed by atoms with van der Waals surface area (Å²) >= 11 is 0. The number of aliphatic hydroxyl groups excluding tert-OH is 4. The molecule has 0 unspecified atom stereocenters. The van der Waals surface area contributed by atoms with Gasteiger partial charge in [-0.2, -0.15) is 0 Å². The van der Waals surface area contributed by atoms with Crippen molar-refractivity contribution in [1.82, 2.24) is 0 Å². The summed E-state index contributed by atoms with van der Waals surface area (Å²) in [4.78, 5) is 0. The number of hydrogen-bond donors (Lipinski definition) is 4. The van der Waals surface area contributed by atoms with E-state index in [4.69, 9.17) is 4.74 Å². The summed E-state index contributed by atoms with van der Waals surface area (Å²) < 4.78 is 5.85. The summed E-state index contributed by atoms with van der Waals surface area (Å²) in [7, 11) is 0. The molecule has 2 aliphatic rings. The van der Waals surface area contributed by atoms with Crippen molar-refractivity contribution >= 4 is 0 Å². The Kier molecular flexibility index (Phi) is 5.54. The molecule has 2 aromatic carbocycles. The fraction of sp³-hybridized carbons (Fsp3) is 0.478. The monoisotopic (exact) mass is 384 g/mol. The second kappa shape index (κ2) is 7.93. The van der Waals surface area contributed by atoms with Gasteiger partial charge in [0, 0.05) is 0 Å². The molecule has 0 radical (unpaired) electrons. The summed E-state index contributed by atoms with van der Waals surface area (Å²) in [5, 5.41) is 40.4. The maximum Gasteiger partial charge on any atom is 0.113 e. The molecule has 1 aliphatic carbocycles. The van der Waals surface area contributed by atoms with E-state index in [1.165, 1.54) is 16.7 Å². The highest BCUT2D eigenvalue weighted by molar-refractivity contribution is 5.45. The minimum Gasteiger partial charge on any atom is -0.394 e. The van der Waals surface area contributed by atoms with Gasteiger partial charge in [-0.15, -0.1) is 0 Å². The van der Waals surface area contributed by atoms with Crippen LogP contribution in [0.4, 0.5) is 0 Å². The quantitative estimate of drug-likeness (QED) is 0.643. The van der Waals surface area contributed by atoms with Crippen LogP contribution in [0.25, 0.3) is 0 Å². The lowest BCUT2D eigenvalue weighted by molar-refractivity contribution is -0.231. The van der Waals surface area contributed by atoms with Gasteiger partial charge in [0.25, 0.3) is 0 Å². The Morgan fingerprint density at radius 1 is 0.929 bits per heavy atom. The number of fused-ring (bicyclic) bond motifs is 1. The maximum absolute atomic E-state index is 10.6. The number of rotatable bonds is 4. The van der Waals surface area contributed by atoms with E-state index in [9.17, 15) is 20.4 Å². The van der Waals surface area contributed by atoms with Gasteiger partial charge in [0.2, 0.25) is 0 Å². The van der Waals surface area contributed by atoms with Gasteiger partial charge in [-0.05, 0) is 60.4 Å². The fourth-order valence-electron chi connectivity index (χ4n) is 4.46. The van der Waals surface area contributed by atoms with Crippen molar-refractivity contribution in [2.45, 2.75) is 63.1 Å². The first-order valence-electron chi connectivity index (χ1n) is 9.98. The third-order valence-corrected chi connectivity index (χ3v) is 6.04. The Morgan fingerprint density at radius 3 is 2.39 bits per heavy atom. The molecule has 5 nitrogen and oxygen atoms in total. The topological polar surface area (TPSA) is 90.2 Å². The number of aliphatic hydroxyl groups is 4. The van der Waals surface area contributed by atoms with Crippen LogP contribution in [0.3, 0.4) is 0 Å². The predicted molar refractivity (Wildman–Crippen MR) is 105 cm³/mol. The highest BCUT2D eigenvalue weighted by atomic mass is 16.5. The van der Waals surface area contributed by atoms with Gasteiger partial charge in [0.1, 0.15) is 30.5 Å². The van der Waals surface area contributed by atoms with Crippen molar-refractivity contribution in [2.75, 3.05) is 6.61 Å². The van der Waals surface area contributed by atoms with Crippen LogP contribution >= 0.6 is 0 Å². The summed E-state index contributed by atoms with van der Waals surface area (Å²) in [5.74, 6) is 0. The summed E-state index contributed by atoms with van der Waals surface area (Å²) in [6.07, 6.45) is -1.86. The van der Waals surface area contributed by atoms with Gasteiger partial charge in [-0.1, -0.05) is 42.0 Å². The molecule has 0 saturated carbocycles. The fourth-order valence-corrected chi connectivity index (χ4v) is 4.46. The molecule has 0 amide bonds. The molecule has 0 aromatic heterocycles. The minimum atomic E-state index is -1.35. The Bertz CT molecular complexity index is 830. The lowest BCUT2D eigenvalue weighted by Gasteiger charge is -2.41. The number of benzene rings is 2. The zero-order valence-electron chi connectivity index (χ0n) is 16.1. The van der Waals surface area contributed by atoms with Gasteiger partial charge in [-0.3, -0.25) is 0 Å². The van der Waals surface area contributed by atoms with Gasteiger partial charge >= 0.3 is 0 Å². The van der Waals surface area contributed by atoms with Crippen LogP contribution in [0, 0.1) is 6.92 Å². The van der Waals surface area contributed by atoms with E-state index in [0.29, 0.717) is 0 Å². The summed E-state index contributed by atoms with van der Waals surface area (Å²) in [6, 6.07) is 12.7. The van der Waals surface area contributed by atoms with Crippen LogP contribution in [0.2, 0.25) is 0 Å². The molecule has 4 rings (SSSR count). The van der Waals surface area contributed by atoms with Crippen LogP contribution in [0.1, 0.15) is 45.9 Å². The first-order valence-corrected chi connectivity index (χ1v) is 9.98. The van der Waals surface area contributed by atoms with Gasteiger partial charge in [0.05, 0.1) is 6.61 Å². The average Bonchev–Trinajstić information content (AvgIpc) is 3.16. The highest BCUT2D eigenvalue weighted by Crippen LogP contribution is 2.38. The molecular weight excluding hydrogens is 356 g/mol. The standard InChI is InChI=1S/C23H28O5/c1-13-5-7-14(8-6-13)9-15-10-16-3-2-4-17(16)18(11-15)23-22(27)21(26)20(25)19(12-24)28-23/h5-8,10-11,19-27H,2-4,9,12H2,1H3/t19-,20-,21-,22-,23+/m0/s1. The zero-order chi connectivity index (χ0) is 19.8. The largest absolute Gasteiger partial charge is 0.394 e. The van der Waals surface area contributed by atoms with Crippen molar-refractivity contribution in [3.8, 4) is 0 Å². The van der Waals surface area contributed by atoms with Gasteiger partial charge in [0.15, 0.2) is 0 Å². The maximum atomic E-state index is 10.6. The van der Waals surface area contributed by atoms with Crippen molar-refractivity contribution in [2.24, 2.45) is 0 Å². The molecule has 1 aliphatic heterocycles. The molecule has 2 aromatic rings. The molecule has 1 saturated heterocycles. The van der Waals surface area contributed by atoms with Crippen molar-refractivity contribution < 1.29 is 25.2 Å². The average molecular weight is 384 g/mol. The van der Waals surface area contributed by atoms with Crippen LogP contribution in [-0.2, 0) is 24.0 Å². The Morgan fingerprint density at radius 2 is 1.68 bits per heavy atom. The third kappa shape index (κ3) is 3.61. The number of hydrogen-bond acceptors (Lipinski definition) is 5. The molecule has 150 valence electrons. The highest BCUT2D eigenvalue weighted by Gasteiger charge is 2.44. The lowest BCUT2D eigenvalue weighted by atomic mass is 9.86. The van der Waals surface area contributed by atoms with Crippen LogP contribution in [-0.4, -0.2) is 51.4 Å². The van der Waals surface area contributed by atoms with E-state index >= 15 is 0 Å². The Balaban J connectivity index is 1.70. The van der Waals surface area contributed by atoms with E-state index in [0.717, 1.165) is 42.4 Å². The van der Waals surface area contributed by atoms with Crippen molar-refractivity contribution in [3.05, 3.63) is 69.8 Å². The van der Waals surface area contributed by atoms with Crippen molar-refractivity contribution in [1.29, 1.82) is 0 Å². The first kappa shape index (κ1) is 19.6. The van der Waals surface area contributed by atoms with Gasteiger partial charge < -0.3 is 25.2 Å². The molecule has 1 fully saturated rings. The van der Waals surface area contributed by atoms with Crippen LogP contribution in [0.15, 0.2) is 36.4 Å². The number of ether oxygens (including phenoxy) is 1. The van der Waals surface area contributed by atoms with E-state index in [1.54, 1.807) is 0 Å². The molecule has 28 heavy (non-hydrogen) atoms. The molecular formula is C23H28O5. The van der Waals surface area contributed by atoms with E-state index in [1.807, 2.05) is 0 Å². The third-order valence-electron chi connectivity index (χ3n) is 6.04. The lowest BCUT2D eigenvalue weighted by Crippen LogP contribution is -2.55. The van der Waals surface area contributed by atoms with E-state index in [-0.39, 0.29) is 0 Å². The Labute approximate surface area is 165 Å². The SMILES string of the molecule is Cc1ccc(Cc2cc3c(c([C@H]4O[C@@H](CO)[C@H](O)[C@H](O)[C@@H]4O)c2)CCC3)cc1. The second-order valence-corrected chi connectivity index (χ2v) is 8.09. The number of aryl methyl sites for hydroxylation is 2. The van der Waals surface area contributed by atoms with Crippen LogP contribution < -0.4 is 0 Å². The molecule has 4 N–H and O–H groups in total. The van der Waals surface area contributed by atoms with E-state index < -0.39 is 37.1 Å². The summed E-state index contributed by atoms with van der Waals surface area (Å²) in [5.41, 5.74) is 6.86. The van der Waals surface area contributed by atoms with Gasteiger partial charge in [-0.25, -0.2) is 0 Å². The normalized spacial score (nSPS) is 29.7. The Hall–Kier alpha value is -1.76. The van der Waals surface area contributed by atoms with E-state index in [2.05, 4.69) is 43.3 Å². The second-order valence-electron chi connectivity index (χ2n) is 8.09. The molecule has 0 spiro atoms. The molecule has 5 heteroatoms. The van der Waals surface area contributed by atoms with Crippen LogP contribution in [0.5, 0.6) is 0 Å². The predicted octanol–water partition coefficient (Wildman–Crippen LogP) is 1.59. The minimum absolute atomic E-state index is 0.410. The zero-order valence-corrected chi connectivity index (χ0v) is 16.1. The molecule has 1 heterocycles. The molecule has 0 bridgehead atoms.